The van der Waals surface area contributed by atoms with Gasteiger partial charge in [-0.1, -0.05) is 12.1 Å². The highest BCUT2D eigenvalue weighted by molar-refractivity contribution is 5.87. The van der Waals surface area contributed by atoms with Crippen LogP contribution in [-0.4, -0.2) is 44.8 Å². The fraction of sp³-hybridized carbons (Fsp3) is 0.385. The lowest BCUT2D eigenvalue weighted by Crippen LogP contribution is -2.44. The maximum Gasteiger partial charge on any atom is 0.183 e. The Hall–Kier alpha value is -3.59. The molecule has 1 spiro atoms. The molecule has 178 valence electrons. The van der Waals surface area contributed by atoms with Crippen LogP contribution in [0.3, 0.4) is 0 Å². The molecular weight excluding hydrogens is 443 g/mol. The average Bonchev–Trinajstić information content (AvgIpc) is 3.43. The van der Waals surface area contributed by atoms with Gasteiger partial charge in [0.2, 0.25) is 0 Å². The summed E-state index contributed by atoms with van der Waals surface area (Å²) in [6, 6.07) is 9.12. The van der Waals surface area contributed by atoms with Gasteiger partial charge in [-0.15, -0.1) is 0 Å². The van der Waals surface area contributed by atoms with Crippen molar-refractivity contribution in [1.29, 1.82) is 0 Å². The van der Waals surface area contributed by atoms with E-state index in [4.69, 9.17) is 15.7 Å². The van der Waals surface area contributed by atoms with Gasteiger partial charge in [0.15, 0.2) is 17.0 Å². The van der Waals surface area contributed by atoms with Gasteiger partial charge in [-0.3, -0.25) is 10.1 Å². The minimum absolute atomic E-state index is 0.0879. The van der Waals surface area contributed by atoms with E-state index in [1.807, 2.05) is 24.5 Å². The topological polar surface area (TPSA) is 99.9 Å². The third-order valence-corrected chi connectivity index (χ3v) is 8.19. The van der Waals surface area contributed by atoms with Crippen molar-refractivity contribution in [1.82, 2.24) is 25.1 Å². The van der Waals surface area contributed by atoms with E-state index in [9.17, 15) is 4.39 Å². The largest absolute Gasteiger partial charge is 0.355 e. The summed E-state index contributed by atoms with van der Waals surface area (Å²) in [6.07, 6.45) is 8.32. The zero-order valence-corrected chi connectivity index (χ0v) is 19.4. The van der Waals surface area contributed by atoms with E-state index in [0.717, 1.165) is 85.8 Å². The Bertz CT molecular complexity index is 1420. The molecule has 9 heteroatoms. The van der Waals surface area contributed by atoms with E-state index in [0.29, 0.717) is 11.2 Å². The van der Waals surface area contributed by atoms with E-state index in [-0.39, 0.29) is 17.3 Å². The van der Waals surface area contributed by atoms with Gasteiger partial charge in [0, 0.05) is 37.4 Å². The number of pyridine rings is 1. The Balaban J connectivity index is 1.13. The summed E-state index contributed by atoms with van der Waals surface area (Å²) in [5.41, 5.74) is 11.9. The molecule has 0 bridgehead atoms. The smallest absolute Gasteiger partial charge is 0.183 e. The molecule has 35 heavy (non-hydrogen) atoms. The second kappa shape index (κ2) is 7.71. The van der Waals surface area contributed by atoms with Crippen LogP contribution < -0.4 is 15.5 Å². The molecule has 0 unspecified atom stereocenters. The Labute approximate surface area is 202 Å². The number of aromatic amines is 1. The first kappa shape index (κ1) is 20.8. The van der Waals surface area contributed by atoms with Crippen molar-refractivity contribution in [2.45, 2.75) is 38.1 Å². The number of aromatic nitrogens is 5. The molecule has 1 saturated heterocycles. The average molecular weight is 471 g/mol. The van der Waals surface area contributed by atoms with Gasteiger partial charge in [0.05, 0.1) is 17.6 Å². The maximum absolute atomic E-state index is 14.5. The number of hydrogen-bond acceptors (Lipinski definition) is 7. The summed E-state index contributed by atoms with van der Waals surface area (Å²) < 4.78 is 14.5. The van der Waals surface area contributed by atoms with E-state index in [1.165, 1.54) is 6.07 Å². The van der Waals surface area contributed by atoms with Gasteiger partial charge in [0.25, 0.3) is 0 Å². The van der Waals surface area contributed by atoms with Crippen LogP contribution in [-0.2, 0) is 12.8 Å². The zero-order chi connectivity index (χ0) is 23.6. The Morgan fingerprint density at radius 1 is 1.09 bits per heavy atom. The number of anilines is 3. The minimum Gasteiger partial charge on any atom is -0.355 e. The number of piperidine rings is 1. The first-order valence-corrected chi connectivity index (χ1v) is 12.3. The maximum atomic E-state index is 14.5. The minimum atomic E-state index is -0.258. The molecule has 4 aromatic rings. The second-order valence-electron chi connectivity index (χ2n) is 10.0. The molecule has 0 radical (unpaired) electrons. The summed E-state index contributed by atoms with van der Waals surface area (Å²) in [7, 11) is 0. The van der Waals surface area contributed by atoms with E-state index in [2.05, 4.69) is 31.0 Å². The third-order valence-electron chi connectivity index (χ3n) is 8.19. The van der Waals surface area contributed by atoms with Gasteiger partial charge in [0.1, 0.15) is 11.6 Å². The van der Waals surface area contributed by atoms with Gasteiger partial charge >= 0.3 is 0 Å². The number of benzene rings is 1. The standard InChI is InChI=1S/C26H27FN8/c27-17-5-1-4-16-14-26(23(28)21(16)17)8-12-34(13-9-26)20-15-30-22-24(31-20)32-33-25(22)35-11-3-6-18-19(35)7-2-10-29-18/h1-2,4-5,7,10,15,23H,3,6,8-9,11-14,28H2,(H,31,32,33)/t23-/m0/s1. The quantitative estimate of drug-likeness (QED) is 0.459. The Kier molecular flexibility index (Phi) is 4.57. The first-order valence-electron chi connectivity index (χ1n) is 12.3. The van der Waals surface area contributed by atoms with Crippen molar-refractivity contribution in [2.24, 2.45) is 11.1 Å². The number of hydrogen-bond donors (Lipinski definition) is 2. The second-order valence-corrected chi connectivity index (χ2v) is 10.0. The summed E-state index contributed by atoms with van der Waals surface area (Å²) in [5.74, 6) is 1.45. The van der Waals surface area contributed by atoms with Crippen LogP contribution in [0.4, 0.5) is 21.7 Å². The van der Waals surface area contributed by atoms with Crippen LogP contribution in [0.2, 0.25) is 0 Å². The van der Waals surface area contributed by atoms with Crippen molar-refractivity contribution < 1.29 is 4.39 Å². The zero-order valence-electron chi connectivity index (χ0n) is 19.4. The van der Waals surface area contributed by atoms with Gasteiger partial charge in [-0.2, -0.15) is 5.10 Å². The molecule has 7 rings (SSSR count). The number of nitrogens with two attached hydrogens (primary N) is 1. The lowest BCUT2D eigenvalue weighted by molar-refractivity contribution is 0.185. The lowest BCUT2D eigenvalue weighted by Gasteiger charge is -2.42. The highest BCUT2D eigenvalue weighted by atomic mass is 19.1. The number of halogens is 1. The highest BCUT2D eigenvalue weighted by Gasteiger charge is 2.47. The molecule has 1 fully saturated rings. The van der Waals surface area contributed by atoms with Crippen molar-refractivity contribution in [3.8, 4) is 0 Å². The Morgan fingerprint density at radius 2 is 1.97 bits per heavy atom. The normalized spacial score (nSPS) is 20.9. The van der Waals surface area contributed by atoms with Crippen LogP contribution in [0.1, 0.15) is 42.1 Å². The molecule has 3 N–H and O–H groups in total. The molecule has 5 heterocycles. The van der Waals surface area contributed by atoms with E-state index in [1.54, 1.807) is 6.07 Å². The van der Waals surface area contributed by atoms with Gasteiger partial charge < -0.3 is 15.5 Å². The molecule has 3 aromatic heterocycles. The highest BCUT2D eigenvalue weighted by Crippen LogP contribution is 2.51. The number of fused-ring (bicyclic) bond motifs is 3. The summed E-state index contributed by atoms with van der Waals surface area (Å²) in [5, 5.41) is 7.68. The SMILES string of the molecule is N[C@H]1c2c(F)cccc2CC12CCN(c1cnc3c(N4CCCc5ncccc54)n[nH]c3n1)CC2. The molecule has 3 aliphatic rings. The number of rotatable bonds is 2. The molecular formula is C26H27FN8. The molecule has 0 saturated carbocycles. The molecule has 1 aromatic carbocycles. The predicted octanol–water partition coefficient (Wildman–Crippen LogP) is 3.81. The van der Waals surface area contributed by atoms with Crippen LogP contribution in [0.15, 0.2) is 42.7 Å². The van der Waals surface area contributed by atoms with Crippen LogP contribution in [0.5, 0.6) is 0 Å². The monoisotopic (exact) mass is 470 g/mol. The molecule has 1 atom stereocenters. The van der Waals surface area contributed by atoms with Crippen LogP contribution in [0, 0.1) is 11.2 Å². The number of aryl methyl sites for hydroxylation is 1. The predicted molar refractivity (Wildman–Crippen MR) is 132 cm³/mol. The lowest BCUT2D eigenvalue weighted by atomic mass is 9.73. The summed E-state index contributed by atoms with van der Waals surface area (Å²) >= 11 is 0. The van der Waals surface area contributed by atoms with Crippen LogP contribution >= 0.6 is 0 Å². The van der Waals surface area contributed by atoms with Crippen molar-refractivity contribution >= 4 is 28.5 Å². The van der Waals surface area contributed by atoms with Crippen molar-refractivity contribution in [2.75, 3.05) is 29.4 Å². The molecule has 0 amide bonds. The molecule has 1 aliphatic carbocycles. The van der Waals surface area contributed by atoms with E-state index < -0.39 is 0 Å². The van der Waals surface area contributed by atoms with Gasteiger partial charge in [-0.05, 0) is 61.3 Å². The fourth-order valence-electron chi connectivity index (χ4n) is 6.28. The molecule has 8 nitrogen and oxygen atoms in total. The number of nitrogens with one attached hydrogen (secondary N) is 1. The van der Waals surface area contributed by atoms with Crippen LogP contribution in [0.25, 0.3) is 11.2 Å². The number of H-pyrrole nitrogens is 1. The molecule has 2 aliphatic heterocycles. The number of nitrogens with zero attached hydrogens (tertiary/aromatic N) is 6. The summed E-state index contributed by atoms with van der Waals surface area (Å²) in [4.78, 5) is 18.6. The van der Waals surface area contributed by atoms with Crippen molar-refractivity contribution in [3.05, 3.63) is 65.4 Å². The third kappa shape index (κ3) is 3.14. The van der Waals surface area contributed by atoms with Crippen molar-refractivity contribution in [3.63, 3.8) is 0 Å². The van der Waals surface area contributed by atoms with Gasteiger partial charge in [-0.25, -0.2) is 14.4 Å². The summed E-state index contributed by atoms with van der Waals surface area (Å²) in [6.45, 7) is 2.50. The fourth-order valence-corrected chi connectivity index (χ4v) is 6.28. The Morgan fingerprint density at radius 3 is 2.83 bits per heavy atom. The first-order chi connectivity index (χ1) is 17.1. The van der Waals surface area contributed by atoms with E-state index >= 15 is 0 Å².